The van der Waals surface area contributed by atoms with Crippen LogP contribution >= 0.6 is 0 Å². The number of furan rings is 1. The van der Waals surface area contributed by atoms with E-state index in [9.17, 15) is 14.7 Å². The van der Waals surface area contributed by atoms with Crippen molar-refractivity contribution >= 4 is 11.9 Å². The zero-order valence-corrected chi connectivity index (χ0v) is 16.4. The summed E-state index contributed by atoms with van der Waals surface area (Å²) in [5, 5.41) is 12.9. The van der Waals surface area contributed by atoms with E-state index < -0.39 is 23.6 Å². The zero-order valence-electron chi connectivity index (χ0n) is 16.4. The minimum Gasteiger partial charge on any atom is -0.491 e. The quantitative estimate of drug-likeness (QED) is 0.588. The summed E-state index contributed by atoms with van der Waals surface area (Å²) in [5.41, 5.74) is 0.872. The van der Waals surface area contributed by atoms with Crippen molar-refractivity contribution < 1.29 is 23.8 Å². The van der Waals surface area contributed by atoms with Gasteiger partial charge in [-0.25, -0.2) is 4.79 Å². The van der Waals surface area contributed by atoms with Crippen molar-refractivity contribution in [1.29, 1.82) is 0 Å². The number of hydrogen-bond acceptors (Lipinski definition) is 5. The summed E-state index contributed by atoms with van der Waals surface area (Å²) in [6.45, 7) is 1.34. The van der Waals surface area contributed by atoms with Gasteiger partial charge in [-0.15, -0.1) is 0 Å². The molecule has 0 spiro atoms. The number of β-amino-alcohol motifs (C(OH)–C–C–N with tert-alkyl or cyclic N) is 1. The van der Waals surface area contributed by atoms with Gasteiger partial charge in [0.05, 0.1) is 12.8 Å². The lowest BCUT2D eigenvalue weighted by molar-refractivity contribution is -0.132. The number of aliphatic hydroxyl groups is 1. The second-order valence-corrected chi connectivity index (χ2v) is 7.30. The zero-order chi connectivity index (χ0) is 21.1. The Hall–Kier alpha value is -3.58. The molecule has 3 aromatic rings. The minimum absolute atomic E-state index is 0.0563. The molecule has 3 amide bonds. The van der Waals surface area contributed by atoms with E-state index in [4.69, 9.17) is 9.15 Å². The molecule has 4 rings (SSSR count). The van der Waals surface area contributed by atoms with Gasteiger partial charge < -0.3 is 19.6 Å². The summed E-state index contributed by atoms with van der Waals surface area (Å²) < 4.78 is 10.9. The monoisotopic (exact) mass is 406 g/mol. The van der Waals surface area contributed by atoms with E-state index >= 15 is 0 Å². The number of aliphatic hydroxyl groups excluding tert-OH is 1. The van der Waals surface area contributed by atoms with Gasteiger partial charge in [0, 0.05) is 0 Å². The summed E-state index contributed by atoms with van der Waals surface area (Å²) >= 11 is 0. The third kappa shape index (κ3) is 3.79. The molecular weight excluding hydrogens is 384 g/mol. The van der Waals surface area contributed by atoms with Crippen LogP contribution in [-0.4, -0.2) is 41.2 Å². The molecule has 0 bridgehead atoms. The van der Waals surface area contributed by atoms with Crippen LogP contribution < -0.4 is 10.1 Å². The van der Waals surface area contributed by atoms with Crippen molar-refractivity contribution in [3.05, 3.63) is 78.8 Å². The summed E-state index contributed by atoms with van der Waals surface area (Å²) in [7, 11) is 0. The van der Waals surface area contributed by atoms with Crippen LogP contribution in [0.2, 0.25) is 0 Å². The standard InChI is InChI=1S/C23H22N2O5/c1-23(20-8-5-13-29-20)21(27)25(22(28)24-23)14-18(26)15-30-19-11-9-17(10-12-19)16-6-3-2-4-7-16/h2-13,18,26H,14-15H2,1H3,(H,24,28). The first-order chi connectivity index (χ1) is 14.5. The Morgan fingerprint density at radius 1 is 1.03 bits per heavy atom. The number of imide groups is 1. The van der Waals surface area contributed by atoms with Crippen molar-refractivity contribution in [2.75, 3.05) is 13.2 Å². The van der Waals surface area contributed by atoms with Gasteiger partial charge in [0.15, 0.2) is 5.54 Å². The third-order valence-electron chi connectivity index (χ3n) is 5.09. The average molecular weight is 406 g/mol. The molecule has 7 heteroatoms. The molecule has 1 aromatic heterocycles. The Kier molecular flexibility index (Phi) is 5.29. The highest BCUT2D eigenvalue weighted by Crippen LogP contribution is 2.29. The largest absolute Gasteiger partial charge is 0.491 e. The highest BCUT2D eigenvalue weighted by Gasteiger charge is 2.51. The molecule has 7 nitrogen and oxygen atoms in total. The molecule has 2 unspecified atom stereocenters. The van der Waals surface area contributed by atoms with Crippen LogP contribution in [0.15, 0.2) is 77.4 Å². The normalized spacial score (nSPS) is 19.6. The van der Waals surface area contributed by atoms with Crippen LogP contribution in [0.25, 0.3) is 11.1 Å². The van der Waals surface area contributed by atoms with E-state index in [0.29, 0.717) is 11.5 Å². The average Bonchev–Trinajstić information content (AvgIpc) is 3.38. The van der Waals surface area contributed by atoms with Crippen LogP contribution in [0.1, 0.15) is 12.7 Å². The van der Waals surface area contributed by atoms with Gasteiger partial charge in [-0.05, 0) is 42.3 Å². The maximum atomic E-state index is 12.7. The van der Waals surface area contributed by atoms with E-state index in [0.717, 1.165) is 16.0 Å². The maximum absolute atomic E-state index is 12.7. The highest BCUT2D eigenvalue weighted by molar-refractivity contribution is 6.06. The third-order valence-corrected chi connectivity index (χ3v) is 5.09. The summed E-state index contributed by atoms with van der Waals surface area (Å²) in [4.78, 5) is 26.0. The highest BCUT2D eigenvalue weighted by atomic mass is 16.5. The van der Waals surface area contributed by atoms with Crippen LogP contribution in [0.5, 0.6) is 5.75 Å². The molecule has 1 aliphatic rings. The predicted octanol–water partition coefficient (Wildman–Crippen LogP) is 3.15. The molecule has 2 N–H and O–H groups in total. The van der Waals surface area contributed by atoms with Crippen LogP contribution in [0.4, 0.5) is 4.79 Å². The van der Waals surface area contributed by atoms with Gasteiger partial charge in [-0.2, -0.15) is 0 Å². The topological polar surface area (TPSA) is 92.0 Å². The van der Waals surface area contributed by atoms with Crippen molar-refractivity contribution in [3.8, 4) is 16.9 Å². The Bertz CT molecular complexity index is 1020. The predicted molar refractivity (Wildman–Crippen MR) is 110 cm³/mol. The molecule has 1 fully saturated rings. The lowest BCUT2D eigenvalue weighted by atomic mass is 9.99. The number of nitrogens with zero attached hydrogens (tertiary/aromatic N) is 1. The van der Waals surface area contributed by atoms with Gasteiger partial charge >= 0.3 is 6.03 Å². The number of carbonyl (C=O) groups is 2. The summed E-state index contributed by atoms with van der Waals surface area (Å²) in [6.07, 6.45) is 0.404. The maximum Gasteiger partial charge on any atom is 0.325 e. The second kappa shape index (κ2) is 8.04. The second-order valence-electron chi connectivity index (χ2n) is 7.30. The van der Waals surface area contributed by atoms with Crippen LogP contribution in [0.3, 0.4) is 0 Å². The molecular formula is C23H22N2O5. The van der Waals surface area contributed by atoms with Crippen LogP contribution in [0, 0.1) is 0 Å². The van der Waals surface area contributed by atoms with Gasteiger partial charge in [0.2, 0.25) is 0 Å². The fourth-order valence-corrected chi connectivity index (χ4v) is 3.42. The van der Waals surface area contributed by atoms with E-state index in [1.165, 1.54) is 6.26 Å². The van der Waals surface area contributed by atoms with Crippen molar-refractivity contribution in [2.45, 2.75) is 18.6 Å². The molecule has 0 radical (unpaired) electrons. The van der Waals surface area contributed by atoms with E-state index in [1.54, 1.807) is 19.1 Å². The molecule has 0 saturated carbocycles. The Labute approximate surface area is 173 Å². The summed E-state index contributed by atoms with van der Waals surface area (Å²) in [5.74, 6) is 0.452. The van der Waals surface area contributed by atoms with Crippen LogP contribution in [-0.2, 0) is 10.3 Å². The lowest BCUT2D eigenvalue weighted by Gasteiger charge is -2.21. The fraction of sp³-hybridized carbons (Fsp3) is 0.217. The molecule has 1 saturated heterocycles. The van der Waals surface area contributed by atoms with Gasteiger partial charge in [-0.3, -0.25) is 9.69 Å². The Morgan fingerprint density at radius 2 is 1.73 bits per heavy atom. The molecule has 1 aliphatic heterocycles. The molecule has 2 heterocycles. The van der Waals surface area contributed by atoms with Crippen molar-refractivity contribution in [1.82, 2.24) is 10.2 Å². The van der Waals surface area contributed by atoms with Crippen molar-refractivity contribution in [2.24, 2.45) is 0 Å². The number of hydrogen-bond donors (Lipinski definition) is 2. The first kappa shape index (κ1) is 19.7. The summed E-state index contributed by atoms with van der Waals surface area (Å²) in [6, 6.07) is 20.2. The molecule has 2 atom stereocenters. The van der Waals surface area contributed by atoms with E-state index in [2.05, 4.69) is 5.32 Å². The van der Waals surface area contributed by atoms with E-state index in [-0.39, 0.29) is 13.2 Å². The number of ether oxygens (including phenoxy) is 1. The molecule has 0 aliphatic carbocycles. The van der Waals surface area contributed by atoms with E-state index in [1.807, 2.05) is 54.6 Å². The number of rotatable bonds is 7. The number of benzene rings is 2. The molecule has 30 heavy (non-hydrogen) atoms. The van der Waals surface area contributed by atoms with Gasteiger partial charge in [0.25, 0.3) is 5.91 Å². The first-order valence-electron chi connectivity index (χ1n) is 9.62. The van der Waals surface area contributed by atoms with Gasteiger partial charge in [0.1, 0.15) is 24.2 Å². The number of urea groups is 1. The lowest BCUT2D eigenvalue weighted by Crippen LogP contribution is -2.42. The molecule has 154 valence electrons. The first-order valence-corrected chi connectivity index (χ1v) is 9.62. The SMILES string of the molecule is CC1(c2ccco2)NC(=O)N(CC(O)COc2ccc(-c3ccccc3)cc2)C1=O. The smallest absolute Gasteiger partial charge is 0.325 e. The number of amides is 3. The Balaban J connectivity index is 1.34. The Morgan fingerprint density at radius 3 is 2.40 bits per heavy atom. The number of nitrogens with one attached hydrogen (secondary N) is 1. The van der Waals surface area contributed by atoms with Crippen molar-refractivity contribution in [3.63, 3.8) is 0 Å². The fourth-order valence-electron chi connectivity index (χ4n) is 3.42. The van der Waals surface area contributed by atoms with Gasteiger partial charge in [-0.1, -0.05) is 42.5 Å². The minimum atomic E-state index is -1.28. The number of carbonyl (C=O) groups excluding carboxylic acids is 2. The molecule has 2 aromatic carbocycles.